The highest BCUT2D eigenvalue weighted by molar-refractivity contribution is 5.89. The van der Waals surface area contributed by atoms with Crippen molar-refractivity contribution < 1.29 is 28.9 Å². The molecule has 0 radical (unpaired) electrons. The number of hydrogen-bond donors (Lipinski definition) is 1. The van der Waals surface area contributed by atoms with Gasteiger partial charge in [-0.3, -0.25) is 4.79 Å². The molecule has 1 aliphatic heterocycles. The van der Waals surface area contributed by atoms with Gasteiger partial charge in [-0.05, 0) is 12.8 Å². The minimum absolute atomic E-state index is 0.169. The van der Waals surface area contributed by atoms with Crippen LogP contribution < -0.4 is 0 Å². The Hall–Kier alpha value is -1.56. The first-order valence-corrected chi connectivity index (χ1v) is 5.79. The number of carbonyl (C=O) groups is 2. The van der Waals surface area contributed by atoms with Crippen LogP contribution >= 0.6 is 0 Å². The monoisotopic (exact) mass is 256 g/mol. The molecular formula is C12H16O6. The Morgan fingerprint density at radius 2 is 2.11 bits per heavy atom. The molecule has 4 unspecified atom stereocenters. The molecule has 1 saturated carbocycles. The van der Waals surface area contributed by atoms with E-state index in [0.29, 0.717) is 18.4 Å². The third-order valence-electron chi connectivity index (χ3n) is 3.73. The van der Waals surface area contributed by atoms with Crippen molar-refractivity contribution in [3.8, 4) is 0 Å². The summed E-state index contributed by atoms with van der Waals surface area (Å²) >= 11 is 0. The number of carboxylic acids is 1. The first kappa shape index (κ1) is 12.9. The number of rotatable bonds is 3. The molecular weight excluding hydrogens is 240 g/mol. The second kappa shape index (κ2) is 4.97. The van der Waals surface area contributed by atoms with E-state index in [1.165, 1.54) is 20.5 Å². The van der Waals surface area contributed by atoms with Gasteiger partial charge in [0.1, 0.15) is 0 Å². The topological polar surface area (TPSA) is 82.1 Å². The van der Waals surface area contributed by atoms with Crippen LogP contribution in [0.2, 0.25) is 0 Å². The molecule has 1 heterocycles. The van der Waals surface area contributed by atoms with Crippen LogP contribution in [0, 0.1) is 17.8 Å². The Balaban J connectivity index is 2.29. The second-order valence-corrected chi connectivity index (χ2v) is 4.51. The fourth-order valence-electron chi connectivity index (χ4n) is 2.90. The fraction of sp³-hybridized carbons (Fsp3) is 0.667. The Kier molecular flexibility index (Phi) is 3.56. The van der Waals surface area contributed by atoms with Crippen LogP contribution in [0.4, 0.5) is 0 Å². The predicted octanol–water partition coefficient (Wildman–Crippen LogP) is 0.773. The van der Waals surface area contributed by atoms with Gasteiger partial charge < -0.3 is 19.3 Å². The number of fused-ring (bicyclic) bond motifs is 1. The summed E-state index contributed by atoms with van der Waals surface area (Å²) in [5.74, 6) is -2.40. The van der Waals surface area contributed by atoms with Crippen LogP contribution in [0.15, 0.2) is 11.8 Å². The number of aliphatic carboxylic acids is 1. The second-order valence-electron chi connectivity index (χ2n) is 4.51. The lowest BCUT2D eigenvalue weighted by Gasteiger charge is -2.33. The van der Waals surface area contributed by atoms with Gasteiger partial charge in [-0.2, -0.15) is 0 Å². The first-order valence-electron chi connectivity index (χ1n) is 5.79. The Morgan fingerprint density at radius 1 is 1.39 bits per heavy atom. The molecule has 0 aromatic rings. The van der Waals surface area contributed by atoms with E-state index in [9.17, 15) is 14.7 Å². The highest BCUT2D eigenvalue weighted by Crippen LogP contribution is 2.46. The van der Waals surface area contributed by atoms with E-state index in [0.717, 1.165) is 0 Å². The summed E-state index contributed by atoms with van der Waals surface area (Å²) in [6.45, 7) is 0. The Morgan fingerprint density at radius 3 is 2.67 bits per heavy atom. The maximum atomic E-state index is 11.6. The van der Waals surface area contributed by atoms with Crippen molar-refractivity contribution >= 4 is 11.9 Å². The fourth-order valence-corrected chi connectivity index (χ4v) is 2.90. The highest BCUT2D eigenvalue weighted by atomic mass is 16.7. The number of ether oxygens (including phenoxy) is 3. The molecule has 6 nitrogen and oxygen atoms in total. The molecule has 0 aromatic carbocycles. The van der Waals surface area contributed by atoms with Crippen LogP contribution in [-0.4, -0.2) is 37.6 Å². The van der Waals surface area contributed by atoms with E-state index >= 15 is 0 Å². The third kappa shape index (κ3) is 1.96. The van der Waals surface area contributed by atoms with E-state index < -0.39 is 24.1 Å². The van der Waals surface area contributed by atoms with E-state index in [2.05, 4.69) is 4.74 Å². The maximum Gasteiger partial charge on any atom is 0.337 e. The summed E-state index contributed by atoms with van der Waals surface area (Å²) in [5.41, 5.74) is 0.402. The molecule has 1 N–H and O–H groups in total. The van der Waals surface area contributed by atoms with Gasteiger partial charge in [0.05, 0.1) is 24.9 Å². The van der Waals surface area contributed by atoms with E-state index in [-0.39, 0.29) is 11.8 Å². The van der Waals surface area contributed by atoms with Crippen molar-refractivity contribution in [2.24, 2.45) is 17.8 Å². The van der Waals surface area contributed by atoms with Gasteiger partial charge in [0.2, 0.25) is 6.29 Å². The quantitative estimate of drug-likeness (QED) is 0.751. The molecule has 0 amide bonds. The lowest BCUT2D eigenvalue weighted by atomic mass is 9.83. The molecule has 2 rings (SSSR count). The third-order valence-corrected chi connectivity index (χ3v) is 3.73. The summed E-state index contributed by atoms with van der Waals surface area (Å²) in [7, 11) is 2.76. The largest absolute Gasteiger partial charge is 0.481 e. The zero-order chi connectivity index (χ0) is 13.3. The van der Waals surface area contributed by atoms with Crippen molar-refractivity contribution in [2.75, 3.05) is 14.2 Å². The summed E-state index contributed by atoms with van der Waals surface area (Å²) in [5, 5.41) is 9.20. The average Bonchev–Trinajstić information content (AvgIpc) is 2.81. The zero-order valence-electron chi connectivity index (χ0n) is 10.3. The minimum atomic E-state index is -0.876. The summed E-state index contributed by atoms with van der Waals surface area (Å²) < 4.78 is 15.2. The zero-order valence-corrected chi connectivity index (χ0v) is 10.3. The predicted molar refractivity (Wildman–Crippen MR) is 59.3 cm³/mol. The van der Waals surface area contributed by atoms with Gasteiger partial charge in [-0.1, -0.05) is 0 Å². The standard InChI is InChI=1S/C12H16O6/c1-16-11(15)8-5-18-12(17-2)9-6(8)3-4-7(9)10(13)14/h5-7,9,12H,3-4H2,1-2H3,(H,13,14). The number of hydrogen-bond acceptors (Lipinski definition) is 5. The minimum Gasteiger partial charge on any atom is -0.481 e. The van der Waals surface area contributed by atoms with Crippen molar-refractivity contribution in [1.82, 2.24) is 0 Å². The molecule has 100 valence electrons. The molecule has 1 aliphatic carbocycles. The summed E-state index contributed by atoms with van der Waals surface area (Å²) in [4.78, 5) is 22.8. The van der Waals surface area contributed by atoms with Crippen LogP contribution in [-0.2, 0) is 23.8 Å². The van der Waals surface area contributed by atoms with E-state index in [1.807, 2.05) is 0 Å². The summed E-state index contributed by atoms with van der Waals surface area (Å²) in [6, 6.07) is 0. The van der Waals surface area contributed by atoms with Crippen LogP contribution in [0.25, 0.3) is 0 Å². The van der Waals surface area contributed by atoms with Gasteiger partial charge in [-0.15, -0.1) is 0 Å². The lowest BCUT2D eigenvalue weighted by Crippen LogP contribution is -2.39. The molecule has 4 atom stereocenters. The van der Waals surface area contributed by atoms with E-state index in [4.69, 9.17) is 9.47 Å². The number of carboxylic acid groups (broad SMARTS) is 1. The van der Waals surface area contributed by atoms with Gasteiger partial charge in [0.15, 0.2) is 0 Å². The Bertz CT molecular complexity index is 388. The van der Waals surface area contributed by atoms with Gasteiger partial charge in [-0.25, -0.2) is 4.79 Å². The first-order chi connectivity index (χ1) is 8.60. The number of esters is 1. The van der Waals surface area contributed by atoms with Crippen LogP contribution in [0.1, 0.15) is 12.8 Å². The SMILES string of the molecule is COC(=O)C1=COC(OC)C2C(C(=O)O)CCC12. The van der Waals surface area contributed by atoms with Crippen LogP contribution in [0.3, 0.4) is 0 Å². The van der Waals surface area contributed by atoms with Crippen molar-refractivity contribution in [3.05, 3.63) is 11.8 Å². The average molecular weight is 256 g/mol. The molecule has 6 heteroatoms. The van der Waals surface area contributed by atoms with Crippen LogP contribution in [0.5, 0.6) is 0 Å². The summed E-state index contributed by atoms with van der Waals surface area (Å²) in [6.07, 6.45) is 1.87. The van der Waals surface area contributed by atoms with Crippen molar-refractivity contribution in [3.63, 3.8) is 0 Å². The molecule has 2 aliphatic rings. The van der Waals surface area contributed by atoms with E-state index in [1.54, 1.807) is 0 Å². The highest BCUT2D eigenvalue weighted by Gasteiger charge is 2.50. The molecule has 0 bridgehead atoms. The van der Waals surface area contributed by atoms with Gasteiger partial charge in [0, 0.05) is 18.9 Å². The van der Waals surface area contributed by atoms with Crippen molar-refractivity contribution in [2.45, 2.75) is 19.1 Å². The van der Waals surface area contributed by atoms with Gasteiger partial charge in [0.25, 0.3) is 0 Å². The number of methoxy groups -OCH3 is 2. The molecule has 0 spiro atoms. The van der Waals surface area contributed by atoms with Gasteiger partial charge >= 0.3 is 11.9 Å². The smallest absolute Gasteiger partial charge is 0.337 e. The molecule has 0 aromatic heterocycles. The molecule has 0 saturated heterocycles. The lowest BCUT2D eigenvalue weighted by molar-refractivity contribution is -0.168. The molecule has 18 heavy (non-hydrogen) atoms. The molecule has 1 fully saturated rings. The maximum absolute atomic E-state index is 11.6. The number of carbonyl (C=O) groups excluding carboxylic acids is 1. The normalized spacial score (nSPS) is 34.2. The van der Waals surface area contributed by atoms with Crippen molar-refractivity contribution in [1.29, 1.82) is 0 Å². The Labute approximate surface area is 105 Å².